The number of benzene rings is 2. The Balaban J connectivity index is 2.08. The van der Waals surface area contributed by atoms with Crippen LogP contribution in [0, 0.1) is 5.82 Å². The Morgan fingerprint density at radius 1 is 1.14 bits per heavy atom. The van der Waals surface area contributed by atoms with Crippen molar-refractivity contribution in [2.24, 2.45) is 0 Å². The summed E-state index contributed by atoms with van der Waals surface area (Å²) in [5, 5.41) is 0. The monoisotopic (exact) mass is 297 g/mol. The second-order valence-corrected chi connectivity index (χ2v) is 6.21. The van der Waals surface area contributed by atoms with Crippen molar-refractivity contribution < 1.29 is 9.18 Å². The van der Waals surface area contributed by atoms with E-state index in [-0.39, 0.29) is 17.5 Å². The van der Waals surface area contributed by atoms with Crippen LogP contribution in [-0.4, -0.2) is 31.3 Å². The lowest BCUT2D eigenvalue weighted by Gasteiger charge is -2.19. The van der Waals surface area contributed by atoms with E-state index < -0.39 is 0 Å². The Morgan fingerprint density at radius 2 is 1.91 bits per heavy atom. The summed E-state index contributed by atoms with van der Waals surface area (Å²) in [5.74, 6) is -0.122. The van der Waals surface area contributed by atoms with Crippen LogP contribution in [0.5, 0.6) is 0 Å². The van der Waals surface area contributed by atoms with Gasteiger partial charge in [-0.25, -0.2) is 4.39 Å². The minimum absolute atomic E-state index is 0.0579. The molecule has 3 heteroatoms. The van der Waals surface area contributed by atoms with Crippen molar-refractivity contribution in [3.8, 4) is 0 Å². The van der Waals surface area contributed by atoms with Gasteiger partial charge in [-0.15, -0.1) is 0 Å². The first kappa shape index (κ1) is 14.9. The van der Waals surface area contributed by atoms with Gasteiger partial charge in [-0.3, -0.25) is 4.79 Å². The summed E-state index contributed by atoms with van der Waals surface area (Å²) in [6.07, 6.45) is 1.76. The Labute approximate surface area is 130 Å². The zero-order valence-electron chi connectivity index (χ0n) is 13.0. The highest BCUT2D eigenvalue weighted by atomic mass is 19.1. The van der Waals surface area contributed by atoms with Gasteiger partial charge in [0, 0.05) is 11.1 Å². The van der Waals surface area contributed by atoms with Crippen molar-refractivity contribution in [2.75, 3.05) is 20.6 Å². The summed E-state index contributed by atoms with van der Waals surface area (Å²) < 4.78 is 13.6. The van der Waals surface area contributed by atoms with Crippen molar-refractivity contribution in [1.82, 2.24) is 4.90 Å². The van der Waals surface area contributed by atoms with Crippen LogP contribution in [-0.2, 0) is 6.42 Å². The molecule has 0 N–H and O–H groups in total. The van der Waals surface area contributed by atoms with Crippen molar-refractivity contribution in [3.05, 3.63) is 70.5 Å². The predicted molar refractivity (Wildman–Crippen MR) is 85.9 cm³/mol. The van der Waals surface area contributed by atoms with Crippen LogP contribution in [0.15, 0.2) is 42.5 Å². The molecule has 1 atom stereocenters. The van der Waals surface area contributed by atoms with Crippen LogP contribution in [0.2, 0.25) is 0 Å². The molecule has 0 heterocycles. The molecule has 1 aliphatic carbocycles. The van der Waals surface area contributed by atoms with E-state index in [2.05, 4.69) is 19.0 Å². The number of hydrogen-bond donors (Lipinski definition) is 0. The molecule has 0 fully saturated rings. The first-order chi connectivity index (χ1) is 10.6. The van der Waals surface area contributed by atoms with Gasteiger partial charge in [0.2, 0.25) is 0 Å². The largest absolute Gasteiger partial charge is 0.309 e. The standard InChI is InChI=1S/C19H20FNO/c1-21(2)10-9-14-11-13-7-8-15(20)12-18(13)19(22)17-6-4-3-5-16(14)17/h3-8,12,14H,9-11H2,1-2H3/t14-/m0/s1. The van der Waals surface area contributed by atoms with Crippen molar-refractivity contribution >= 4 is 5.78 Å². The molecule has 0 bridgehead atoms. The molecule has 0 saturated carbocycles. The van der Waals surface area contributed by atoms with Gasteiger partial charge in [0.05, 0.1) is 0 Å². The number of fused-ring (bicyclic) bond motifs is 2. The lowest BCUT2D eigenvalue weighted by atomic mass is 9.88. The van der Waals surface area contributed by atoms with E-state index in [1.807, 2.05) is 24.3 Å². The van der Waals surface area contributed by atoms with Gasteiger partial charge in [-0.2, -0.15) is 0 Å². The highest BCUT2D eigenvalue weighted by Crippen LogP contribution is 2.34. The molecule has 0 amide bonds. The number of ketones is 1. The Hall–Kier alpha value is -2.00. The van der Waals surface area contributed by atoms with Gasteiger partial charge < -0.3 is 4.90 Å². The van der Waals surface area contributed by atoms with E-state index >= 15 is 0 Å². The van der Waals surface area contributed by atoms with E-state index in [9.17, 15) is 9.18 Å². The van der Waals surface area contributed by atoms with Crippen LogP contribution in [0.25, 0.3) is 0 Å². The molecule has 1 aliphatic rings. The van der Waals surface area contributed by atoms with E-state index in [0.717, 1.165) is 36.1 Å². The third kappa shape index (κ3) is 2.81. The van der Waals surface area contributed by atoms with Crippen LogP contribution in [0.3, 0.4) is 0 Å². The second kappa shape index (κ2) is 6.01. The number of nitrogens with zero attached hydrogens (tertiary/aromatic N) is 1. The first-order valence-electron chi connectivity index (χ1n) is 7.63. The van der Waals surface area contributed by atoms with Crippen molar-refractivity contribution in [2.45, 2.75) is 18.8 Å². The van der Waals surface area contributed by atoms with Crippen LogP contribution in [0.4, 0.5) is 4.39 Å². The molecule has 2 nitrogen and oxygen atoms in total. The second-order valence-electron chi connectivity index (χ2n) is 6.21. The summed E-state index contributed by atoms with van der Waals surface area (Å²) in [5.41, 5.74) is 3.27. The molecule has 0 aliphatic heterocycles. The lowest BCUT2D eigenvalue weighted by Crippen LogP contribution is -2.17. The van der Waals surface area contributed by atoms with Gasteiger partial charge in [0.15, 0.2) is 5.78 Å². The predicted octanol–water partition coefficient (Wildman–Crippen LogP) is 3.65. The minimum Gasteiger partial charge on any atom is -0.309 e. The van der Waals surface area contributed by atoms with E-state index in [1.54, 1.807) is 6.07 Å². The highest BCUT2D eigenvalue weighted by Gasteiger charge is 2.27. The Kier molecular flexibility index (Phi) is 4.08. The molecule has 0 unspecified atom stereocenters. The lowest BCUT2D eigenvalue weighted by molar-refractivity contribution is 0.103. The summed E-state index contributed by atoms with van der Waals surface area (Å²) >= 11 is 0. The SMILES string of the molecule is CN(C)CC[C@H]1Cc2ccc(F)cc2C(=O)c2ccccc21. The van der Waals surface area contributed by atoms with E-state index in [4.69, 9.17) is 0 Å². The van der Waals surface area contributed by atoms with Crippen LogP contribution < -0.4 is 0 Å². The normalized spacial score (nSPS) is 17.1. The number of carbonyl (C=O) groups is 1. The molecule has 0 radical (unpaired) electrons. The minimum atomic E-state index is -0.351. The van der Waals surface area contributed by atoms with E-state index in [0.29, 0.717) is 5.56 Å². The molecule has 0 spiro atoms. The summed E-state index contributed by atoms with van der Waals surface area (Å²) in [7, 11) is 4.11. The Morgan fingerprint density at radius 3 is 2.68 bits per heavy atom. The zero-order valence-corrected chi connectivity index (χ0v) is 13.0. The maximum absolute atomic E-state index is 13.6. The van der Waals surface area contributed by atoms with Gasteiger partial charge in [0.25, 0.3) is 0 Å². The van der Waals surface area contributed by atoms with Gasteiger partial charge in [-0.05, 0) is 62.7 Å². The van der Waals surface area contributed by atoms with Gasteiger partial charge >= 0.3 is 0 Å². The third-order valence-electron chi connectivity index (χ3n) is 4.35. The molecule has 22 heavy (non-hydrogen) atoms. The number of carbonyl (C=O) groups excluding carboxylic acids is 1. The van der Waals surface area contributed by atoms with Gasteiger partial charge in [0.1, 0.15) is 5.82 Å². The smallest absolute Gasteiger partial charge is 0.193 e. The number of hydrogen-bond acceptors (Lipinski definition) is 2. The summed E-state index contributed by atoms with van der Waals surface area (Å²) in [4.78, 5) is 14.9. The molecule has 3 rings (SSSR count). The summed E-state index contributed by atoms with van der Waals surface area (Å²) in [6.45, 7) is 0.962. The van der Waals surface area contributed by atoms with Crippen molar-refractivity contribution in [3.63, 3.8) is 0 Å². The quantitative estimate of drug-likeness (QED) is 0.862. The fourth-order valence-electron chi connectivity index (χ4n) is 3.19. The number of halogens is 1. The average molecular weight is 297 g/mol. The molecule has 2 aromatic carbocycles. The topological polar surface area (TPSA) is 20.3 Å². The van der Waals surface area contributed by atoms with E-state index in [1.165, 1.54) is 12.1 Å². The Bertz CT molecular complexity index is 708. The van der Waals surface area contributed by atoms with Crippen LogP contribution >= 0.6 is 0 Å². The first-order valence-corrected chi connectivity index (χ1v) is 7.63. The molecule has 0 aromatic heterocycles. The number of rotatable bonds is 3. The molecule has 2 aromatic rings. The maximum Gasteiger partial charge on any atom is 0.193 e. The highest BCUT2D eigenvalue weighted by molar-refractivity contribution is 6.11. The molecule has 114 valence electrons. The molecular weight excluding hydrogens is 277 g/mol. The molecule has 0 saturated heterocycles. The van der Waals surface area contributed by atoms with Crippen molar-refractivity contribution in [1.29, 1.82) is 0 Å². The molecular formula is C19H20FNO. The summed E-state index contributed by atoms with van der Waals surface area (Å²) in [6, 6.07) is 12.3. The average Bonchev–Trinajstić information content (AvgIpc) is 2.62. The zero-order chi connectivity index (χ0) is 15.7. The maximum atomic E-state index is 13.6. The third-order valence-corrected chi connectivity index (χ3v) is 4.35. The fraction of sp³-hybridized carbons (Fsp3) is 0.316. The fourth-order valence-corrected chi connectivity index (χ4v) is 3.19. The van der Waals surface area contributed by atoms with Gasteiger partial charge in [-0.1, -0.05) is 30.3 Å². The van der Waals surface area contributed by atoms with Crippen LogP contribution in [0.1, 0.15) is 39.4 Å².